The number of ether oxygens (including phenoxy) is 1. The van der Waals surface area contributed by atoms with E-state index < -0.39 is 12.8 Å². The van der Waals surface area contributed by atoms with Gasteiger partial charge in [-0.2, -0.15) is 13.2 Å². The van der Waals surface area contributed by atoms with Crippen molar-refractivity contribution in [2.24, 2.45) is 0 Å². The van der Waals surface area contributed by atoms with Crippen LogP contribution in [0.1, 0.15) is 18.4 Å². The third-order valence-corrected chi connectivity index (χ3v) is 2.25. The predicted molar refractivity (Wildman–Crippen MR) is 61.3 cm³/mol. The van der Waals surface area contributed by atoms with E-state index in [1.54, 1.807) is 0 Å². The maximum atomic E-state index is 11.7. The van der Waals surface area contributed by atoms with Gasteiger partial charge in [-0.25, -0.2) is 0 Å². The second kappa shape index (κ2) is 7.16. The molecule has 0 amide bonds. The van der Waals surface area contributed by atoms with Crippen molar-refractivity contribution in [3.05, 3.63) is 35.9 Å². The molecule has 0 heterocycles. The molecular formula is C13H15F3O2. The van der Waals surface area contributed by atoms with Crippen LogP contribution < -0.4 is 0 Å². The maximum Gasteiger partial charge on any atom is 0.411 e. The molecule has 0 aliphatic rings. The summed E-state index contributed by atoms with van der Waals surface area (Å²) in [4.78, 5) is 11.5. The van der Waals surface area contributed by atoms with Gasteiger partial charge in [0.1, 0.15) is 12.4 Å². The van der Waals surface area contributed by atoms with Crippen molar-refractivity contribution in [3.63, 3.8) is 0 Å². The molecule has 0 aliphatic carbocycles. The molecule has 0 N–H and O–H groups in total. The van der Waals surface area contributed by atoms with E-state index in [4.69, 9.17) is 0 Å². The Balaban J connectivity index is 2.11. The molecule has 1 aromatic carbocycles. The van der Waals surface area contributed by atoms with Crippen LogP contribution in [0.15, 0.2) is 30.3 Å². The summed E-state index contributed by atoms with van der Waals surface area (Å²) in [7, 11) is 0. The van der Waals surface area contributed by atoms with Crippen LogP contribution in [0, 0.1) is 0 Å². The summed E-state index contributed by atoms with van der Waals surface area (Å²) < 4.78 is 39.6. The van der Waals surface area contributed by atoms with Crippen LogP contribution in [0.2, 0.25) is 0 Å². The van der Waals surface area contributed by atoms with E-state index >= 15 is 0 Å². The van der Waals surface area contributed by atoms with Gasteiger partial charge < -0.3 is 4.74 Å². The van der Waals surface area contributed by atoms with Gasteiger partial charge in [0.15, 0.2) is 0 Å². The largest absolute Gasteiger partial charge is 0.411 e. The zero-order valence-corrected chi connectivity index (χ0v) is 9.87. The highest BCUT2D eigenvalue weighted by atomic mass is 19.4. The molecule has 0 aromatic heterocycles. The average molecular weight is 260 g/mol. The van der Waals surface area contributed by atoms with E-state index in [1.165, 1.54) is 0 Å². The Morgan fingerprint density at radius 2 is 1.83 bits per heavy atom. The van der Waals surface area contributed by atoms with Crippen molar-refractivity contribution in [3.8, 4) is 0 Å². The molecule has 1 aromatic rings. The van der Waals surface area contributed by atoms with E-state index in [0.717, 1.165) is 5.56 Å². The number of halogens is 3. The van der Waals surface area contributed by atoms with Gasteiger partial charge in [-0.05, 0) is 12.0 Å². The zero-order chi connectivity index (χ0) is 13.4. The van der Waals surface area contributed by atoms with Crippen LogP contribution >= 0.6 is 0 Å². The molecule has 0 fully saturated rings. The Labute approximate surface area is 104 Å². The lowest BCUT2D eigenvalue weighted by Crippen LogP contribution is -2.17. The van der Waals surface area contributed by atoms with E-state index in [2.05, 4.69) is 4.74 Å². The summed E-state index contributed by atoms with van der Waals surface area (Å²) in [6.45, 7) is -1.29. The Bertz CT molecular complexity index is 360. The molecular weight excluding hydrogens is 245 g/mol. The average Bonchev–Trinajstić information content (AvgIpc) is 2.28. The second-order valence-electron chi connectivity index (χ2n) is 3.97. The van der Waals surface area contributed by atoms with Crippen LogP contribution in [-0.4, -0.2) is 25.2 Å². The third kappa shape index (κ3) is 7.06. The number of carbonyl (C=O) groups is 1. The summed E-state index contributed by atoms with van der Waals surface area (Å²) >= 11 is 0. The van der Waals surface area contributed by atoms with Gasteiger partial charge in [-0.1, -0.05) is 30.3 Å². The molecule has 0 bridgehead atoms. The van der Waals surface area contributed by atoms with Gasteiger partial charge in [0.05, 0.1) is 0 Å². The first-order valence-electron chi connectivity index (χ1n) is 5.67. The molecule has 0 aliphatic heterocycles. The summed E-state index contributed by atoms with van der Waals surface area (Å²) in [5, 5.41) is 0. The van der Waals surface area contributed by atoms with Crippen molar-refractivity contribution < 1.29 is 22.7 Å². The van der Waals surface area contributed by atoms with Crippen molar-refractivity contribution >= 4 is 5.78 Å². The normalized spacial score (nSPS) is 11.5. The maximum absolute atomic E-state index is 11.7. The number of benzene rings is 1. The predicted octanol–water partition coefficient (Wildman–Crippen LogP) is 3.16. The fourth-order valence-electron chi connectivity index (χ4n) is 1.47. The van der Waals surface area contributed by atoms with Crippen molar-refractivity contribution in [2.45, 2.75) is 25.4 Å². The number of ketones is 1. The summed E-state index contributed by atoms with van der Waals surface area (Å²) in [5.41, 5.74) is 0.915. The number of hydrogen-bond acceptors (Lipinski definition) is 2. The Morgan fingerprint density at radius 3 is 2.44 bits per heavy atom. The van der Waals surface area contributed by atoms with E-state index in [1.807, 2.05) is 30.3 Å². The molecule has 100 valence electrons. The number of carbonyl (C=O) groups excluding carboxylic acids is 1. The molecule has 0 saturated carbocycles. The van der Waals surface area contributed by atoms with Crippen LogP contribution in [0.4, 0.5) is 13.2 Å². The summed E-state index contributed by atoms with van der Waals surface area (Å²) in [5.74, 6) is 0.0109. The highest BCUT2D eigenvalue weighted by Gasteiger charge is 2.27. The number of alkyl halides is 3. The monoisotopic (exact) mass is 260 g/mol. The third-order valence-electron chi connectivity index (χ3n) is 2.25. The van der Waals surface area contributed by atoms with Gasteiger partial charge >= 0.3 is 6.18 Å². The standard InChI is InChI=1S/C13H15F3O2/c14-13(15,16)10-18-8-4-7-12(17)9-11-5-2-1-3-6-11/h1-3,5-6H,4,7-10H2. The van der Waals surface area contributed by atoms with Crippen LogP contribution in [-0.2, 0) is 16.0 Å². The van der Waals surface area contributed by atoms with Crippen molar-refractivity contribution in [1.29, 1.82) is 0 Å². The molecule has 5 heteroatoms. The van der Waals surface area contributed by atoms with E-state index in [9.17, 15) is 18.0 Å². The minimum Gasteiger partial charge on any atom is -0.372 e. The summed E-state index contributed by atoms with van der Waals surface area (Å²) in [6, 6.07) is 9.24. The lowest BCUT2D eigenvalue weighted by Gasteiger charge is -2.07. The number of Topliss-reactive ketones (excluding diaryl/α,β-unsaturated/α-hetero) is 1. The molecule has 0 atom stereocenters. The molecule has 2 nitrogen and oxygen atoms in total. The topological polar surface area (TPSA) is 26.3 Å². The molecule has 0 saturated heterocycles. The van der Waals surface area contributed by atoms with E-state index in [-0.39, 0.29) is 18.8 Å². The van der Waals surface area contributed by atoms with E-state index in [0.29, 0.717) is 12.8 Å². The Kier molecular flexibility index (Phi) is 5.85. The van der Waals surface area contributed by atoms with Gasteiger partial charge in [0.25, 0.3) is 0 Å². The first-order chi connectivity index (χ1) is 8.47. The first kappa shape index (κ1) is 14.7. The van der Waals surface area contributed by atoms with Crippen LogP contribution in [0.25, 0.3) is 0 Å². The van der Waals surface area contributed by atoms with Crippen molar-refractivity contribution in [1.82, 2.24) is 0 Å². The molecule has 18 heavy (non-hydrogen) atoms. The molecule has 0 unspecified atom stereocenters. The Morgan fingerprint density at radius 1 is 1.17 bits per heavy atom. The van der Waals surface area contributed by atoms with Gasteiger partial charge in [0.2, 0.25) is 0 Å². The van der Waals surface area contributed by atoms with Gasteiger partial charge in [-0.15, -0.1) is 0 Å². The van der Waals surface area contributed by atoms with Crippen molar-refractivity contribution in [2.75, 3.05) is 13.2 Å². The number of hydrogen-bond donors (Lipinski definition) is 0. The molecule has 0 radical (unpaired) electrons. The fraction of sp³-hybridized carbons (Fsp3) is 0.462. The minimum atomic E-state index is -4.30. The second-order valence-corrected chi connectivity index (χ2v) is 3.97. The SMILES string of the molecule is O=C(CCCOCC(F)(F)F)Cc1ccccc1. The highest BCUT2D eigenvalue weighted by Crippen LogP contribution is 2.14. The fourth-order valence-corrected chi connectivity index (χ4v) is 1.47. The van der Waals surface area contributed by atoms with Crippen LogP contribution in [0.3, 0.4) is 0 Å². The van der Waals surface area contributed by atoms with Crippen LogP contribution in [0.5, 0.6) is 0 Å². The van der Waals surface area contributed by atoms with Gasteiger partial charge in [0, 0.05) is 19.4 Å². The molecule has 0 spiro atoms. The van der Waals surface area contributed by atoms with Gasteiger partial charge in [-0.3, -0.25) is 4.79 Å². The quantitative estimate of drug-likeness (QED) is 0.704. The lowest BCUT2D eigenvalue weighted by molar-refractivity contribution is -0.174. The zero-order valence-electron chi connectivity index (χ0n) is 9.87. The number of rotatable bonds is 7. The highest BCUT2D eigenvalue weighted by molar-refractivity contribution is 5.80. The first-order valence-corrected chi connectivity index (χ1v) is 5.67. The summed E-state index contributed by atoms with van der Waals surface area (Å²) in [6.07, 6.45) is -3.41. The lowest BCUT2D eigenvalue weighted by atomic mass is 10.1. The minimum absolute atomic E-state index is 0.0109. The molecule has 1 rings (SSSR count). The Hall–Kier alpha value is -1.36. The smallest absolute Gasteiger partial charge is 0.372 e.